The minimum atomic E-state index is -0.465. The van der Waals surface area contributed by atoms with Gasteiger partial charge < -0.3 is 14.7 Å². The van der Waals surface area contributed by atoms with E-state index < -0.39 is 5.60 Å². The molecule has 3 fully saturated rings. The van der Waals surface area contributed by atoms with Crippen molar-refractivity contribution in [3.05, 3.63) is 0 Å². The lowest BCUT2D eigenvalue weighted by atomic mass is 9.74. The van der Waals surface area contributed by atoms with E-state index in [0.29, 0.717) is 12.0 Å². The first-order chi connectivity index (χ1) is 8.53. The minimum absolute atomic E-state index is 0.128. The average Bonchev–Trinajstić information content (AvgIpc) is 2.86. The van der Waals surface area contributed by atoms with Crippen LogP contribution in [0.4, 0.5) is 0 Å². The maximum Gasteiger partial charge on any atom is 0.0818 e. The van der Waals surface area contributed by atoms with Gasteiger partial charge in [0.2, 0.25) is 0 Å². The molecule has 0 aromatic rings. The second-order valence-electron chi connectivity index (χ2n) is 7.00. The van der Waals surface area contributed by atoms with Crippen molar-refractivity contribution in [2.24, 2.45) is 5.92 Å². The van der Waals surface area contributed by atoms with Crippen molar-refractivity contribution in [3.8, 4) is 0 Å². The smallest absolute Gasteiger partial charge is 0.0818 e. The highest BCUT2D eigenvalue weighted by atomic mass is 16.5. The fourth-order valence-corrected chi connectivity index (χ4v) is 4.47. The third-order valence-electron chi connectivity index (χ3n) is 5.69. The number of likely N-dealkylation sites (N-methyl/N-ethyl adjacent to an activating group) is 1. The number of hydrogen-bond donors (Lipinski definition) is 1. The van der Waals surface area contributed by atoms with Crippen molar-refractivity contribution in [1.29, 1.82) is 0 Å². The third-order valence-corrected chi connectivity index (χ3v) is 5.69. The predicted molar refractivity (Wildman–Crippen MR) is 71.5 cm³/mol. The Morgan fingerprint density at radius 3 is 2.56 bits per heavy atom. The molecule has 2 aliphatic heterocycles. The maximum absolute atomic E-state index is 11.0. The van der Waals surface area contributed by atoms with Crippen molar-refractivity contribution in [1.82, 2.24) is 4.90 Å². The highest BCUT2D eigenvalue weighted by molar-refractivity contribution is 5.03. The van der Waals surface area contributed by atoms with Crippen LogP contribution in [0.2, 0.25) is 0 Å². The van der Waals surface area contributed by atoms with Crippen LogP contribution >= 0.6 is 0 Å². The van der Waals surface area contributed by atoms with E-state index in [1.165, 1.54) is 25.7 Å². The Morgan fingerprint density at radius 2 is 1.94 bits per heavy atom. The van der Waals surface area contributed by atoms with Gasteiger partial charge in [-0.25, -0.2) is 0 Å². The zero-order valence-corrected chi connectivity index (χ0v) is 11.8. The molecule has 1 aliphatic carbocycles. The molecule has 3 nitrogen and oxygen atoms in total. The van der Waals surface area contributed by atoms with Gasteiger partial charge in [-0.1, -0.05) is 12.8 Å². The maximum atomic E-state index is 11.0. The lowest BCUT2D eigenvalue weighted by Gasteiger charge is -2.44. The van der Waals surface area contributed by atoms with Gasteiger partial charge >= 0.3 is 0 Å². The second-order valence-corrected chi connectivity index (χ2v) is 7.00. The summed E-state index contributed by atoms with van der Waals surface area (Å²) in [6.07, 6.45) is 8.10. The van der Waals surface area contributed by atoms with Crippen molar-refractivity contribution in [3.63, 3.8) is 0 Å². The zero-order valence-electron chi connectivity index (χ0n) is 11.8. The molecule has 3 unspecified atom stereocenters. The predicted octanol–water partition coefficient (Wildman–Crippen LogP) is 2.18. The Morgan fingerprint density at radius 1 is 1.22 bits per heavy atom. The van der Waals surface area contributed by atoms with Crippen LogP contribution in [0.1, 0.15) is 51.9 Å². The average molecular weight is 253 g/mol. The molecule has 104 valence electrons. The first kappa shape index (κ1) is 12.9. The van der Waals surface area contributed by atoms with Gasteiger partial charge in [-0.3, -0.25) is 0 Å². The van der Waals surface area contributed by atoms with Gasteiger partial charge in [0.05, 0.1) is 11.2 Å². The summed E-state index contributed by atoms with van der Waals surface area (Å²) in [5, 5.41) is 11.0. The molecule has 0 amide bonds. The lowest BCUT2D eigenvalue weighted by molar-refractivity contribution is -0.136. The Labute approximate surface area is 110 Å². The van der Waals surface area contributed by atoms with Crippen molar-refractivity contribution in [2.45, 2.75) is 69.1 Å². The number of nitrogens with zero attached hydrogens (tertiary/aromatic N) is 1. The first-order valence-corrected chi connectivity index (χ1v) is 7.60. The largest absolute Gasteiger partial charge is 0.388 e. The summed E-state index contributed by atoms with van der Waals surface area (Å²) in [6.45, 7) is 3.92. The van der Waals surface area contributed by atoms with Gasteiger partial charge in [-0.05, 0) is 52.0 Å². The summed E-state index contributed by atoms with van der Waals surface area (Å²) in [6, 6.07) is 0.511. The van der Waals surface area contributed by atoms with E-state index in [4.69, 9.17) is 4.74 Å². The van der Waals surface area contributed by atoms with Crippen molar-refractivity contribution < 1.29 is 9.84 Å². The zero-order chi connectivity index (χ0) is 12.8. The van der Waals surface area contributed by atoms with Gasteiger partial charge in [0, 0.05) is 19.2 Å². The fraction of sp³-hybridized carbons (Fsp3) is 1.00. The molecule has 18 heavy (non-hydrogen) atoms. The first-order valence-electron chi connectivity index (χ1n) is 7.60. The molecule has 1 saturated carbocycles. The Bertz CT molecular complexity index is 302. The molecule has 1 spiro atoms. The van der Waals surface area contributed by atoms with E-state index >= 15 is 0 Å². The number of β-amino-alcohol motifs (C(OH)–C–C–N with tert-alkyl or cyclic N) is 1. The van der Waals surface area contributed by atoms with Gasteiger partial charge in [0.15, 0.2) is 0 Å². The summed E-state index contributed by atoms with van der Waals surface area (Å²) in [4.78, 5) is 2.30. The molecule has 3 aliphatic rings. The number of likely N-dealkylation sites (tertiary alicyclic amines) is 1. The van der Waals surface area contributed by atoms with Crippen LogP contribution in [0.25, 0.3) is 0 Å². The Hall–Kier alpha value is -0.120. The van der Waals surface area contributed by atoms with Crippen LogP contribution in [0.5, 0.6) is 0 Å². The summed E-state index contributed by atoms with van der Waals surface area (Å²) < 4.78 is 6.09. The van der Waals surface area contributed by atoms with Gasteiger partial charge in [0.1, 0.15) is 0 Å². The Balaban J connectivity index is 1.72. The van der Waals surface area contributed by atoms with Crippen LogP contribution in [-0.4, -0.2) is 47.4 Å². The molecule has 2 saturated heterocycles. The standard InChI is InChI=1S/C15H27NO2/c1-12-9-15(17,11-16(12)2)13-5-8-18-14(10-13)6-3-4-7-14/h12-13,17H,3-11H2,1-2H3. The molecule has 3 rings (SSSR count). The molecule has 0 aromatic heterocycles. The van der Waals surface area contributed by atoms with Gasteiger partial charge in [0.25, 0.3) is 0 Å². The second kappa shape index (κ2) is 4.46. The van der Waals surface area contributed by atoms with Crippen LogP contribution < -0.4 is 0 Å². The molecular weight excluding hydrogens is 226 g/mol. The van der Waals surface area contributed by atoms with Crippen molar-refractivity contribution in [2.75, 3.05) is 20.2 Å². The van der Waals surface area contributed by atoms with Gasteiger partial charge in [-0.2, -0.15) is 0 Å². The molecular formula is C15H27NO2. The number of ether oxygens (including phenoxy) is 1. The molecule has 0 radical (unpaired) electrons. The summed E-state index contributed by atoms with van der Waals surface area (Å²) in [7, 11) is 2.13. The number of rotatable bonds is 1. The monoisotopic (exact) mass is 253 g/mol. The van der Waals surface area contributed by atoms with Crippen LogP contribution in [0.15, 0.2) is 0 Å². The van der Waals surface area contributed by atoms with Crippen LogP contribution in [0, 0.1) is 5.92 Å². The molecule has 2 heterocycles. The fourth-order valence-electron chi connectivity index (χ4n) is 4.47. The Kier molecular flexibility index (Phi) is 3.20. The minimum Gasteiger partial charge on any atom is -0.388 e. The van der Waals surface area contributed by atoms with Gasteiger partial charge in [-0.15, -0.1) is 0 Å². The summed E-state index contributed by atoms with van der Waals surface area (Å²) in [5.74, 6) is 0.441. The lowest BCUT2D eigenvalue weighted by Crippen LogP contribution is -2.48. The van der Waals surface area contributed by atoms with E-state index in [1.54, 1.807) is 0 Å². The van der Waals surface area contributed by atoms with Crippen LogP contribution in [-0.2, 0) is 4.74 Å². The van der Waals surface area contributed by atoms with E-state index in [9.17, 15) is 5.11 Å². The highest BCUT2D eigenvalue weighted by Crippen LogP contribution is 2.47. The third kappa shape index (κ3) is 2.10. The highest BCUT2D eigenvalue weighted by Gasteiger charge is 2.50. The van der Waals surface area contributed by atoms with Crippen molar-refractivity contribution >= 4 is 0 Å². The van der Waals surface area contributed by atoms with E-state index in [1.807, 2.05) is 0 Å². The molecule has 0 aromatic carbocycles. The normalized spacial score (nSPS) is 44.8. The topological polar surface area (TPSA) is 32.7 Å². The number of hydrogen-bond acceptors (Lipinski definition) is 3. The summed E-state index contributed by atoms with van der Waals surface area (Å²) in [5.41, 5.74) is -0.337. The molecule has 3 heteroatoms. The van der Waals surface area contributed by atoms with E-state index in [2.05, 4.69) is 18.9 Å². The quantitative estimate of drug-likeness (QED) is 0.777. The van der Waals surface area contributed by atoms with E-state index in [-0.39, 0.29) is 5.60 Å². The van der Waals surface area contributed by atoms with Crippen LogP contribution in [0.3, 0.4) is 0 Å². The summed E-state index contributed by atoms with van der Waals surface area (Å²) >= 11 is 0. The molecule has 0 bridgehead atoms. The molecule has 1 N–H and O–H groups in total. The van der Waals surface area contributed by atoms with E-state index in [0.717, 1.165) is 32.4 Å². The number of aliphatic hydroxyl groups is 1. The molecule has 3 atom stereocenters. The SMILES string of the molecule is CC1CC(O)(C2CCOC3(CCCC3)C2)CN1C.